The van der Waals surface area contributed by atoms with Gasteiger partial charge in [0.05, 0.1) is 0 Å². The van der Waals surface area contributed by atoms with Crippen molar-refractivity contribution in [1.82, 2.24) is 5.32 Å². The molecular weight excluding hydrogens is 285 g/mol. The summed E-state index contributed by atoms with van der Waals surface area (Å²) >= 11 is 11.8. The third-order valence-electron chi connectivity index (χ3n) is 2.84. The number of carbonyl (C=O) groups excluding carboxylic acids is 1. The zero-order valence-corrected chi connectivity index (χ0v) is 12.2. The molecule has 5 N–H and O–H groups in total. The maximum Gasteiger partial charge on any atom is 0.221 e. The minimum absolute atomic E-state index is 0.234. The predicted octanol–water partition coefficient (Wildman–Crippen LogP) is 1.92. The van der Waals surface area contributed by atoms with E-state index in [0.29, 0.717) is 29.6 Å². The first-order chi connectivity index (χ1) is 9.02. The molecule has 0 aliphatic carbocycles. The minimum Gasteiger partial charge on any atom is -0.369 e. The van der Waals surface area contributed by atoms with Crippen molar-refractivity contribution in [2.75, 3.05) is 13.1 Å². The Kier molecular flexibility index (Phi) is 7.16. The van der Waals surface area contributed by atoms with Crippen LogP contribution in [0.4, 0.5) is 0 Å². The molecule has 4 nitrogen and oxygen atoms in total. The Morgan fingerprint density at radius 2 is 1.89 bits per heavy atom. The highest BCUT2D eigenvalue weighted by molar-refractivity contribution is 6.34. The zero-order valence-electron chi connectivity index (χ0n) is 10.7. The van der Waals surface area contributed by atoms with Gasteiger partial charge in [0.25, 0.3) is 0 Å². The summed E-state index contributed by atoms with van der Waals surface area (Å²) in [4.78, 5) is 11.0. The Labute approximate surface area is 123 Å². The van der Waals surface area contributed by atoms with Crippen LogP contribution in [0.2, 0.25) is 10.0 Å². The number of hydrogen-bond acceptors (Lipinski definition) is 3. The van der Waals surface area contributed by atoms with E-state index in [1.165, 1.54) is 0 Å². The van der Waals surface area contributed by atoms with Gasteiger partial charge in [0.15, 0.2) is 0 Å². The fourth-order valence-corrected chi connectivity index (χ4v) is 2.37. The number of nitrogens with two attached hydrogens (primary N) is 2. The fourth-order valence-electron chi connectivity index (χ4n) is 1.80. The number of amides is 1. The van der Waals surface area contributed by atoms with Gasteiger partial charge in [-0.15, -0.1) is 0 Å². The first kappa shape index (κ1) is 16.2. The number of halogens is 2. The molecule has 0 radical (unpaired) electrons. The van der Waals surface area contributed by atoms with Gasteiger partial charge in [-0.1, -0.05) is 23.2 Å². The Morgan fingerprint density at radius 1 is 1.26 bits per heavy atom. The highest BCUT2D eigenvalue weighted by Crippen LogP contribution is 2.18. The van der Waals surface area contributed by atoms with Gasteiger partial charge in [-0.25, -0.2) is 0 Å². The number of nitrogens with one attached hydrogen (secondary N) is 1. The van der Waals surface area contributed by atoms with Crippen LogP contribution in [-0.2, 0) is 11.3 Å². The van der Waals surface area contributed by atoms with Crippen molar-refractivity contribution in [3.05, 3.63) is 33.8 Å². The van der Waals surface area contributed by atoms with Gasteiger partial charge in [-0.2, -0.15) is 0 Å². The molecule has 0 aromatic heterocycles. The molecule has 0 aliphatic rings. The summed E-state index contributed by atoms with van der Waals surface area (Å²) in [6.07, 6.45) is 1.55. The van der Waals surface area contributed by atoms with Gasteiger partial charge < -0.3 is 16.8 Å². The lowest BCUT2D eigenvalue weighted by molar-refractivity contribution is -0.121. The summed E-state index contributed by atoms with van der Waals surface area (Å²) < 4.78 is 0. The van der Waals surface area contributed by atoms with Crippen LogP contribution < -0.4 is 16.8 Å². The number of primary amides is 1. The van der Waals surface area contributed by atoms with Crippen molar-refractivity contribution in [3.8, 4) is 0 Å². The van der Waals surface area contributed by atoms with Crippen molar-refractivity contribution >= 4 is 29.1 Å². The van der Waals surface area contributed by atoms with Crippen molar-refractivity contribution in [2.24, 2.45) is 17.4 Å². The Bertz CT molecular complexity index is 406. The number of benzene rings is 1. The van der Waals surface area contributed by atoms with Crippen LogP contribution >= 0.6 is 23.2 Å². The maximum absolute atomic E-state index is 11.0. The molecule has 1 aromatic carbocycles. The normalized spacial score (nSPS) is 12.4. The van der Waals surface area contributed by atoms with Crippen LogP contribution in [0.15, 0.2) is 18.2 Å². The summed E-state index contributed by atoms with van der Waals surface area (Å²) in [6, 6.07) is 5.43. The van der Waals surface area contributed by atoms with Gasteiger partial charge in [0, 0.05) is 29.1 Å². The third-order valence-corrected chi connectivity index (χ3v) is 3.28. The third kappa shape index (κ3) is 6.25. The van der Waals surface area contributed by atoms with E-state index in [1.807, 2.05) is 12.1 Å². The lowest BCUT2D eigenvalue weighted by atomic mass is 10.0. The molecule has 0 aliphatic heterocycles. The molecular formula is C13H19Cl2N3O. The van der Waals surface area contributed by atoms with E-state index in [1.54, 1.807) is 6.07 Å². The van der Waals surface area contributed by atoms with Crippen LogP contribution in [0.3, 0.4) is 0 Å². The molecule has 19 heavy (non-hydrogen) atoms. The number of hydrogen-bond donors (Lipinski definition) is 3. The molecule has 0 heterocycles. The SMILES string of the molecule is NCC(CCCNCc1cc(Cl)cc(Cl)c1)C(N)=O. The van der Waals surface area contributed by atoms with Crippen molar-refractivity contribution in [2.45, 2.75) is 19.4 Å². The molecule has 106 valence electrons. The first-order valence-corrected chi connectivity index (χ1v) is 6.93. The molecule has 0 bridgehead atoms. The maximum atomic E-state index is 11.0. The molecule has 6 heteroatoms. The van der Waals surface area contributed by atoms with E-state index in [-0.39, 0.29) is 11.8 Å². The minimum atomic E-state index is -0.330. The quantitative estimate of drug-likeness (QED) is 0.642. The summed E-state index contributed by atoms with van der Waals surface area (Å²) in [5.74, 6) is -0.563. The summed E-state index contributed by atoms with van der Waals surface area (Å²) in [5, 5.41) is 4.52. The predicted molar refractivity (Wildman–Crippen MR) is 79.1 cm³/mol. The molecule has 0 spiro atoms. The van der Waals surface area contributed by atoms with Gasteiger partial charge in [0.1, 0.15) is 0 Å². The highest BCUT2D eigenvalue weighted by Gasteiger charge is 2.11. The number of carbonyl (C=O) groups is 1. The van der Waals surface area contributed by atoms with E-state index in [4.69, 9.17) is 34.7 Å². The summed E-state index contributed by atoms with van der Waals surface area (Å²) in [7, 11) is 0. The molecule has 1 atom stereocenters. The van der Waals surface area contributed by atoms with Gasteiger partial charge in [-0.05, 0) is 43.1 Å². The van der Waals surface area contributed by atoms with Crippen LogP contribution in [0.25, 0.3) is 0 Å². The van der Waals surface area contributed by atoms with Crippen LogP contribution in [-0.4, -0.2) is 19.0 Å². The zero-order chi connectivity index (χ0) is 14.3. The Balaban J connectivity index is 2.25. The second kappa shape index (κ2) is 8.38. The molecule has 0 saturated carbocycles. The van der Waals surface area contributed by atoms with E-state index >= 15 is 0 Å². The topological polar surface area (TPSA) is 81.1 Å². The van der Waals surface area contributed by atoms with Crippen molar-refractivity contribution < 1.29 is 4.79 Å². The largest absolute Gasteiger partial charge is 0.369 e. The lowest BCUT2D eigenvalue weighted by Crippen LogP contribution is -2.30. The van der Waals surface area contributed by atoms with Crippen molar-refractivity contribution in [1.29, 1.82) is 0 Å². The van der Waals surface area contributed by atoms with Gasteiger partial charge in [0.2, 0.25) is 5.91 Å². The standard InChI is InChI=1S/C13H19Cl2N3O/c14-11-4-9(5-12(15)6-11)8-18-3-1-2-10(7-16)13(17)19/h4-6,10,18H,1-3,7-8,16H2,(H2,17,19). The molecule has 1 amide bonds. The van der Waals surface area contributed by atoms with Gasteiger partial charge in [-0.3, -0.25) is 4.79 Å². The van der Waals surface area contributed by atoms with Crippen molar-refractivity contribution in [3.63, 3.8) is 0 Å². The second-order valence-corrected chi connectivity index (χ2v) is 5.30. The summed E-state index contributed by atoms with van der Waals surface area (Å²) in [6.45, 7) is 1.78. The van der Waals surface area contributed by atoms with Crippen LogP contribution in [0.1, 0.15) is 18.4 Å². The second-order valence-electron chi connectivity index (χ2n) is 4.43. The first-order valence-electron chi connectivity index (χ1n) is 6.18. The van der Waals surface area contributed by atoms with E-state index in [0.717, 1.165) is 18.5 Å². The molecule has 0 saturated heterocycles. The smallest absolute Gasteiger partial charge is 0.221 e. The van der Waals surface area contributed by atoms with E-state index in [2.05, 4.69) is 5.32 Å². The Morgan fingerprint density at radius 3 is 2.42 bits per heavy atom. The lowest BCUT2D eigenvalue weighted by Gasteiger charge is -2.11. The average Bonchev–Trinajstić information content (AvgIpc) is 2.32. The molecule has 1 rings (SSSR count). The molecule has 1 unspecified atom stereocenters. The van der Waals surface area contributed by atoms with E-state index in [9.17, 15) is 4.79 Å². The average molecular weight is 304 g/mol. The Hall–Kier alpha value is -0.810. The summed E-state index contributed by atoms with van der Waals surface area (Å²) in [5.41, 5.74) is 11.7. The van der Waals surface area contributed by atoms with Gasteiger partial charge >= 0.3 is 0 Å². The molecule has 0 fully saturated rings. The fraction of sp³-hybridized carbons (Fsp3) is 0.462. The number of rotatable bonds is 8. The van der Waals surface area contributed by atoms with E-state index < -0.39 is 0 Å². The van der Waals surface area contributed by atoms with Crippen LogP contribution in [0, 0.1) is 5.92 Å². The van der Waals surface area contributed by atoms with Crippen LogP contribution in [0.5, 0.6) is 0 Å². The molecule has 1 aromatic rings. The highest BCUT2D eigenvalue weighted by atomic mass is 35.5. The monoisotopic (exact) mass is 303 g/mol.